The number of halogens is 3. The van der Waals surface area contributed by atoms with Crippen LogP contribution in [0, 0.1) is 17.6 Å². The average Bonchev–Trinajstić information content (AvgIpc) is 3.24. The Bertz CT molecular complexity index is 1320. The minimum atomic E-state index is -3.90. The van der Waals surface area contributed by atoms with Crippen LogP contribution in [0.15, 0.2) is 45.0 Å². The SMILES string of the molecule is CC(C(=O)O)C1CCn2c1c(Sc1ccc(Cl)cc1)c1c(S(C)(=O)=O)cc(F)c(F)c12. The maximum absolute atomic E-state index is 15.0. The van der Waals surface area contributed by atoms with Crippen LogP contribution < -0.4 is 0 Å². The fourth-order valence-electron chi connectivity index (χ4n) is 4.12. The van der Waals surface area contributed by atoms with Crippen LogP contribution >= 0.6 is 23.4 Å². The van der Waals surface area contributed by atoms with Gasteiger partial charge >= 0.3 is 5.97 Å². The number of aliphatic carboxylic acids is 1. The third-order valence-electron chi connectivity index (χ3n) is 5.62. The molecule has 0 saturated heterocycles. The van der Waals surface area contributed by atoms with Crippen molar-refractivity contribution < 1.29 is 27.1 Å². The van der Waals surface area contributed by atoms with E-state index < -0.39 is 39.3 Å². The maximum Gasteiger partial charge on any atom is 0.306 e. The van der Waals surface area contributed by atoms with Gasteiger partial charge in [-0.05, 0) is 36.8 Å². The van der Waals surface area contributed by atoms with E-state index in [1.807, 2.05) is 0 Å². The van der Waals surface area contributed by atoms with Crippen LogP contribution in [0.4, 0.5) is 8.78 Å². The van der Waals surface area contributed by atoms with E-state index in [-0.39, 0.29) is 22.3 Å². The summed E-state index contributed by atoms with van der Waals surface area (Å²) in [5.41, 5.74) is 0.367. The van der Waals surface area contributed by atoms with Crippen LogP contribution in [0.3, 0.4) is 0 Å². The van der Waals surface area contributed by atoms with E-state index in [0.29, 0.717) is 33.0 Å². The van der Waals surface area contributed by atoms with Gasteiger partial charge < -0.3 is 9.67 Å². The van der Waals surface area contributed by atoms with Crippen molar-refractivity contribution in [2.45, 2.75) is 40.5 Å². The number of carbonyl (C=O) groups is 1. The van der Waals surface area contributed by atoms with Gasteiger partial charge in [-0.25, -0.2) is 17.2 Å². The van der Waals surface area contributed by atoms with E-state index >= 15 is 0 Å². The van der Waals surface area contributed by atoms with Gasteiger partial charge in [0.25, 0.3) is 0 Å². The van der Waals surface area contributed by atoms with Crippen LogP contribution in [0.1, 0.15) is 25.0 Å². The lowest BCUT2D eigenvalue weighted by Gasteiger charge is -2.17. The molecule has 0 amide bonds. The molecule has 2 aromatic carbocycles. The Morgan fingerprint density at radius 2 is 1.94 bits per heavy atom. The molecule has 0 bridgehead atoms. The summed E-state index contributed by atoms with van der Waals surface area (Å²) in [5, 5.41) is 10.2. The van der Waals surface area contributed by atoms with Crippen LogP contribution in [0.5, 0.6) is 0 Å². The van der Waals surface area contributed by atoms with Crippen molar-refractivity contribution in [2.75, 3.05) is 6.26 Å². The maximum atomic E-state index is 15.0. The Morgan fingerprint density at radius 3 is 2.52 bits per heavy atom. The normalized spacial score (nSPS) is 17.1. The van der Waals surface area contributed by atoms with Crippen molar-refractivity contribution in [1.82, 2.24) is 4.57 Å². The Morgan fingerprint density at radius 1 is 1.29 bits per heavy atom. The first kappa shape index (κ1) is 22.1. The molecule has 0 fully saturated rings. The molecule has 3 aromatic rings. The molecule has 0 saturated carbocycles. The van der Waals surface area contributed by atoms with E-state index in [9.17, 15) is 27.1 Å². The van der Waals surface area contributed by atoms with Gasteiger partial charge in [0.05, 0.1) is 16.3 Å². The molecule has 2 unspecified atom stereocenters. The highest BCUT2D eigenvalue weighted by atomic mass is 35.5. The summed E-state index contributed by atoms with van der Waals surface area (Å²) in [6.07, 6.45) is 1.37. The summed E-state index contributed by atoms with van der Waals surface area (Å²) < 4.78 is 55.9. The lowest BCUT2D eigenvalue weighted by atomic mass is 9.90. The zero-order chi connectivity index (χ0) is 22.7. The molecule has 4 rings (SSSR count). The molecule has 1 N–H and O–H groups in total. The largest absolute Gasteiger partial charge is 0.481 e. The quantitative estimate of drug-likeness (QED) is 0.494. The number of aromatic nitrogens is 1. The first-order chi connectivity index (χ1) is 14.5. The van der Waals surface area contributed by atoms with Crippen LogP contribution in [-0.2, 0) is 21.2 Å². The van der Waals surface area contributed by atoms with Gasteiger partial charge in [0.1, 0.15) is 0 Å². The predicted molar refractivity (Wildman–Crippen MR) is 115 cm³/mol. The highest BCUT2D eigenvalue weighted by Gasteiger charge is 2.39. The zero-order valence-electron chi connectivity index (χ0n) is 16.5. The highest BCUT2D eigenvalue weighted by molar-refractivity contribution is 7.99. The van der Waals surface area contributed by atoms with Gasteiger partial charge in [-0.2, -0.15) is 0 Å². The highest BCUT2D eigenvalue weighted by Crippen LogP contribution is 2.50. The molecular weight excluding hydrogens is 468 g/mol. The molecule has 1 aromatic heterocycles. The Kier molecular flexibility index (Phi) is 5.56. The van der Waals surface area contributed by atoms with Gasteiger partial charge in [0, 0.05) is 44.6 Å². The summed E-state index contributed by atoms with van der Waals surface area (Å²) in [6.45, 7) is 1.82. The van der Waals surface area contributed by atoms with E-state index in [0.717, 1.165) is 6.26 Å². The Hall–Kier alpha value is -2.10. The van der Waals surface area contributed by atoms with E-state index in [1.54, 1.807) is 31.2 Å². The molecular formula is C21H18ClF2NO4S2. The lowest BCUT2D eigenvalue weighted by Crippen LogP contribution is -2.17. The van der Waals surface area contributed by atoms with Crippen molar-refractivity contribution in [2.24, 2.45) is 5.92 Å². The molecule has 0 aliphatic carbocycles. The second-order valence-corrected chi connectivity index (χ2v) is 11.1. The standard InChI is InChI=1S/C21H18ClF2NO4S2/c1-10(21(26)27)13-7-8-25-18(13)20(30-12-5-3-11(22)4-6-12)16-15(31(2,28)29)9-14(23)17(24)19(16)25/h3-6,9-10,13H,7-8H2,1-2H3,(H,26,27). The van der Waals surface area contributed by atoms with Crippen LogP contribution in [0.2, 0.25) is 5.02 Å². The molecule has 2 heterocycles. The number of nitrogens with zero attached hydrogens (tertiary/aromatic N) is 1. The fourth-order valence-corrected chi connectivity index (χ4v) is 6.38. The molecule has 5 nitrogen and oxygen atoms in total. The Labute approximate surface area is 186 Å². The number of sulfone groups is 1. The summed E-state index contributed by atoms with van der Waals surface area (Å²) in [4.78, 5) is 12.5. The molecule has 0 radical (unpaired) electrons. The second kappa shape index (κ2) is 7.79. The van der Waals surface area contributed by atoms with Crippen LogP contribution in [0.25, 0.3) is 10.9 Å². The first-order valence-corrected chi connectivity index (χ1v) is 12.5. The number of aryl methyl sites for hydroxylation is 1. The van der Waals surface area contributed by atoms with Crippen LogP contribution in [-0.4, -0.2) is 30.3 Å². The van der Waals surface area contributed by atoms with Gasteiger partial charge in [0.15, 0.2) is 21.5 Å². The lowest BCUT2D eigenvalue weighted by molar-refractivity contribution is -0.141. The van der Waals surface area contributed by atoms with Crippen molar-refractivity contribution >= 4 is 50.1 Å². The van der Waals surface area contributed by atoms with Crippen molar-refractivity contribution in [3.63, 3.8) is 0 Å². The van der Waals surface area contributed by atoms with Crippen molar-refractivity contribution in [3.8, 4) is 0 Å². The molecule has 2 atom stereocenters. The summed E-state index contributed by atoms with van der Waals surface area (Å²) in [6, 6.07) is 7.49. The number of carboxylic acids is 1. The number of rotatable bonds is 5. The summed E-state index contributed by atoms with van der Waals surface area (Å²) in [7, 11) is -3.90. The average molecular weight is 486 g/mol. The number of hydrogen-bond acceptors (Lipinski definition) is 4. The van der Waals surface area contributed by atoms with Crippen molar-refractivity contribution in [1.29, 1.82) is 0 Å². The number of carboxylic acid groups (broad SMARTS) is 1. The van der Waals surface area contributed by atoms with E-state index in [2.05, 4.69) is 0 Å². The number of hydrogen-bond donors (Lipinski definition) is 1. The predicted octanol–water partition coefficient (Wildman–Crippen LogP) is 5.34. The van der Waals surface area contributed by atoms with Gasteiger partial charge in [-0.15, -0.1) is 0 Å². The molecule has 10 heteroatoms. The zero-order valence-corrected chi connectivity index (χ0v) is 18.9. The molecule has 0 spiro atoms. The van der Waals surface area contributed by atoms with E-state index in [4.69, 9.17) is 11.6 Å². The molecule has 164 valence electrons. The van der Waals surface area contributed by atoms with Gasteiger partial charge in [0.2, 0.25) is 0 Å². The van der Waals surface area contributed by atoms with Gasteiger partial charge in [-0.1, -0.05) is 30.3 Å². The third-order valence-corrected chi connectivity index (χ3v) is 8.12. The second-order valence-electron chi connectivity index (χ2n) is 7.61. The summed E-state index contributed by atoms with van der Waals surface area (Å²) in [5.74, 6) is -4.68. The topological polar surface area (TPSA) is 76.4 Å². The number of fused-ring (bicyclic) bond motifs is 3. The van der Waals surface area contributed by atoms with Crippen molar-refractivity contribution in [3.05, 3.63) is 52.7 Å². The smallest absolute Gasteiger partial charge is 0.306 e. The fraction of sp³-hybridized carbons (Fsp3) is 0.286. The van der Waals surface area contributed by atoms with E-state index in [1.165, 1.54) is 16.3 Å². The minimum absolute atomic E-state index is 0.0821. The third kappa shape index (κ3) is 3.72. The monoisotopic (exact) mass is 485 g/mol. The summed E-state index contributed by atoms with van der Waals surface area (Å²) >= 11 is 7.15. The molecule has 1 aliphatic heterocycles. The Balaban J connectivity index is 2.09. The van der Waals surface area contributed by atoms with Gasteiger partial charge in [-0.3, -0.25) is 4.79 Å². The minimum Gasteiger partial charge on any atom is -0.481 e. The first-order valence-electron chi connectivity index (χ1n) is 9.41. The number of benzene rings is 2. The molecule has 1 aliphatic rings. The molecule has 31 heavy (non-hydrogen) atoms.